The van der Waals surface area contributed by atoms with Gasteiger partial charge in [0.15, 0.2) is 0 Å². The summed E-state index contributed by atoms with van der Waals surface area (Å²) >= 11 is 0. The molecule has 1 aromatic carbocycles. The lowest BCUT2D eigenvalue weighted by Crippen LogP contribution is -2.29. The number of imidazole rings is 1. The number of carbonyl (C=O) groups is 1. The second kappa shape index (κ2) is 8.53. The summed E-state index contributed by atoms with van der Waals surface area (Å²) in [5.41, 5.74) is 1.78. The molecule has 0 fully saturated rings. The van der Waals surface area contributed by atoms with E-state index in [0.29, 0.717) is 32.7 Å². The van der Waals surface area contributed by atoms with E-state index in [0.717, 1.165) is 23.9 Å². The molecule has 6 heteroatoms. The predicted octanol–water partition coefficient (Wildman–Crippen LogP) is 1.76. The number of aromatic nitrogens is 2. The topological polar surface area (TPSA) is 65.3 Å². The number of methoxy groups -OCH3 is 1. The van der Waals surface area contributed by atoms with Crippen molar-refractivity contribution in [3.8, 4) is 0 Å². The van der Waals surface area contributed by atoms with Gasteiger partial charge in [-0.1, -0.05) is 19.1 Å². The van der Waals surface area contributed by atoms with Crippen molar-refractivity contribution in [2.24, 2.45) is 0 Å². The van der Waals surface area contributed by atoms with Crippen LogP contribution in [0.3, 0.4) is 0 Å². The summed E-state index contributed by atoms with van der Waals surface area (Å²) in [7, 11) is 1.64. The van der Waals surface area contributed by atoms with Gasteiger partial charge in [0.05, 0.1) is 11.0 Å². The summed E-state index contributed by atoms with van der Waals surface area (Å²) in [4.78, 5) is 24.5. The van der Waals surface area contributed by atoms with Crippen LogP contribution in [-0.4, -0.2) is 35.3 Å². The Morgan fingerprint density at radius 1 is 1.17 bits per heavy atom. The lowest BCUT2D eigenvalue weighted by molar-refractivity contribution is -0.121. The van der Waals surface area contributed by atoms with Gasteiger partial charge in [0.25, 0.3) is 0 Å². The van der Waals surface area contributed by atoms with Crippen LogP contribution in [0.25, 0.3) is 11.0 Å². The fraction of sp³-hybridized carbons (Fsp3) is 0.529. The third-order valence-electron chi connectivity index (χ3n) is 3.78. The van der Waals surface area contributed by atoms with Crippen molar-refractivity contribution in [3.63, 3.8) is 0 Å². The number of rotatable bonds is 9. The van der Waals surface area contributed by atoms with Crippen LogP contribution in [0, 0.1) is 0 Å². The minimum absolute atomic E-state index is 0.0414. The number of benzene rings is 1. The lowest BCUT2D eigenvalue weighted by Gasteiger charge is -2.06. The van der Waals surface area contributed by atoms with Gasteiger partial charge < -0.3 is 10.1 Å². The highest BCUT2D eigenvalue weighted by Gasteiger charge is 2.13. The summed E-state index contributed by atoms with van der Waals surface area (Å²) in [6, 6.07) is 7.73. The van der Waals surface area contributed by atoms with Crippen molar-refractivity contribution < 1.29 is 9.53 Å². The molecular formula is C17H25N3O3. The van der Waals surface area contributed by atoms with Gasteiger partial charge in [-0.25, -0.2) is 4.79 Å². The first-order valence-corrected chi connectivity index (χ1v) is 8.12. The number of ether oxygens (including phenoxy) is 1. The summed E-state index contributed by atoms with van der Waals surface area (Å²) in [6.45, 7) is 4.36. The van der Waals surface area contributed by atoms with Crippen LogP contribution in [-0.2, 0) is 22.6 Å². The molecular weight excluding hydrogens is 294 g/mol. The zero-order valence-electron chi connectivity index (χ0n) is 13.9. The Hall–Kier alpha value is -2.08. The summed E-state index contributed by atoms with van der Waals surface area (Å²) in [5.74, 6) is -0.0414. The lowest BCUT2D eigenvalue weighted by atomic mass is 10.3. The second-order valence-corrected chi connectivity index (χ2v) is 5.52. The Balaban J connectivity index is 2.07. The molecule has 0 atom stereocenters. The Morgan fingerprint density at radius 2 is 1.83 bits per heavy atom. The third-order valence-corrected chi connectivity index (χ3v) is 3.78. The number of nitrogens with one attached hydrogen (secondary N) is 1. The molecule has 0 aliphatic rings. The van der Waals surface area contributed by atoms with Gasteiger partial charge in [0.1, 0.15) is 0 Å². The van der Waals surface area contributed by atoms with Gasteiger partial charge in [0.2, 0.25) is 5.91 Å². The number of aryl methyl sites for hydroxylation is 2. The van der Waals surface area contributed by atoms with Crippen molar-refractivity contribution in [2.75, 3.05) is 20.3 Å². The molecule has 6 nitrogen and oxygen atoms in total. The van der Waals surface area contributed by atoms with Crippen LogP contribution in [0.5, 0.6) is 0 Å². The largest absolute Gasteiger partial charge is 0.385 e. The van der Waals surface area contributed by atoms with Crippen molar-refractivity contribution in [1.82, 2.24) is 14.5 Å². The molecule has 0 radical (unpaired) electrons. The highest BCUT2D eigenvalue weighted by Crippen LogP contribution is 2.13. The fourth-order valence-corrected chi connectivity index (χ4v) is 2.67. The molecule has 1 N–H and O–H groups in total. The van der Waals surface area contributed by atoms with Crippen molar-refractivity contribution >= 4 is 16.9 Å². The highest BCUT2D eigenvalue weighted by atomic mass is 16.5. The van der Waals surface area contributed by atoms with Crippen molar-refractivity contribution in [1.29, 1.82) is 0 Å². The molecule has 0 aliphatic carbocycles. The molecule has 0 saturated carbocycles. The minimum Gasteiger partial charge on any atom is -0.385 e. The maximum atomic E-state index is 12.6. The summed E-state index contributed by atoms with van der Waals surface area (Å²) < 4.78 is 8.42. The summed E-state index contributed by atoms with van der Waals surface area (Å²) in [6.07, 6.45) is 1.99. The van der Waals surface area contributed by atoms with Crippen LogP contribution < -0.4 is 11.0 Å². The van der Waals surface area contributed by atoms with Gasteiger partial charge in [-0.2, -0.15) is 0 Å². The zero-order chi connectivity index (χ0) is 16.7. The van der Waals surface area contributed by atoms with Gasteiger partial charge in [0, 0.05) is 39.8 Å². The number of para-hydroxylation sites is 2. The maximum Gasteiger partial charge on any atom is 0.329 e. The van der Waals surface area contributed by atoms with E-state index in [1.54, 1.807) is 16.2 Å². The summed E-state index contributed by atoms with van der Waals surface area (Å²) in [5, 5.41) is 2.85. The number of hydrogen-bond acceptors (Lipinski definition) is 3. The number of fused-ring (bicyclic) bond motifs is 1. The molecule has 0 aliphatic heterocycles. The van der Waals surface area contributed by atoms with Crippen LogP contribution in [0.2, 0.25) is 0 Å². The smallest absolute Gasteiger partial charge is 0.329 e. The Kier molecular flexibility index (Phi) is 6.40. The van der Waals surface area contributed by atoms with Gasteiger partial charge in [-0.05, 0) is 25.0 Å². The van der Waals surface area contributed by atoms with Crippen LogP contribution >= 0.6 is 0 Å². The molecule has 0 spiro atoms. The first-order chi connectivity index (χ1) is 11.2. The molecule has 1 heterocycles. The molecule has 0 bridgehead atoms. The van der Waals surface area contributed by atoms with Gasteiger partial charge in [-0.15, -0.1) is 0 Å². The Morgan fingerprint density at radius 3 is 2.43 bits per heavy atom. The molecule has 2 aromatic rings. The van der Waals surface area contributed by atoms with Crippen molar-refractivity contribution in [2.45, 2.75) is 39.3 Å². The Labute approximate surface area is 136 Å². The number of carbonyl (C=O) groups excluding carboxylic acids is 1. The van der Waals surface area contributed by atoms with E-state index in [1.165, 1.54) is 0 Å². The standard InChI is InChI=1S/C17H25N3O3/c1-3-11-19-14-7-4-5-8-15(14)20(17(19)22)12-9-16(21)18-10-6-13-23-2/h4-5,7-8H,3,6,9-13H2,1-2H3,(H,18,21). The monoisotopic (exact) mass is 319 g/mol. The van der Waals surface area contributed by atoms with E-state index in [1.807, 2.05) is 31.2 Å². The predicted molar refractivity (Wildman–Crippen MR) is 90.6 cm³/mol. The maximum absolute atomic E-state index is 12.6. The molecule has 0 unspecified atom stereocenters. The number of amides is 1. The molecule has 2 rings (SSSR count). The number of hydrogen-bond donors (Lipinski definition) is 1. The molecule has 1 aromatic heterocycles. The zero-order valence-corrected chi connectivity index (χ0v) is 13.9. The average Bonchev–Trinajstić information content (AvgIpc) is 2.82. The van der Waals surface area contributed by atoms with Gasteiger partial charge >= 0.3 is 5.69 Å². The van der Waals surface area contributed by atoms with E-state index >= 15 is 0 Å². The van der Waals surface area contributed by atoms with Crippen molar-refractivity contribution in [3.05, 3.63) is 34.7 Å². The highest BCUT2D eigenvalue weighted by molar-refractivity contribution is 5.77. The van der Waals surface area contributed by atoms with E-state index < -0.39 is 0 Å². The number of nitrogens with zero attached hydrogens (tertiary/aromatic N) is 2. The van der Waals surface area contributed by atoms with Crippen LogP contribution in [0.15, 0.2) is 29.1 Å². The van der Waals surface area contributed by atoms with E-state index in [4.69, 9.17) is 4.74 Å². The SMILES string of the molecule is CCCn1c(=O)n(CCC(=O)NCCCOC)c2ccccc21. The van der Waals surface area contributed by atoms with Crippen LogP contribution in [0.1, 0.15) is 26.2 Å². The molecule has 0 saturated heterocycles. The van der Waals surface area contributed by atoms with E-state index in [-0.39, 0.29) is 11.6 Å². The quantitative estimate of drug-likeness (QED) is 0.716. The first kappa shape index (κ1) is 17.3. The Bertz CT molecular complexity index is 703. The normalized spacial score (nSPS) is 11.0. The molecule has 23 heavy (non-hydrogen) atoms. The minimum atomic E-state index is -0.0415. The van der Waals surface area contributed by atoms with Crippen LogP contribution in [0.4, 0.5) is 0 Å². The fourth-order valence-electron chi connectivity index (χ4n) is 2.67. The first-order valence-electron chi connectivity index (χ1n) is 8.12. The third kappa shape index (κ3) is 4.22. The second-order valence-electron chi connectivity index (χ2n) is 5.52. The van der Waals surface area contributed by atoms with E-state index in [2.05, 4.69) is 5.32 Å². The van der Waals surface area contributed by atoms with E-state index in [9.17, 15) is 9.59 Å². The van der Waals surface area contributed by atoms with Gasteiger partial charge in [-0.3, -0.25) is 13.9 Å². The average molecular weight is 319 g/mol. The molecule has 1 amide bonds. The molecule has 126 valence electrons.